The van der Waals surface area contributed by atoms with E-state index in [0.29, 0.717) is 16.7 Å². The van der Waals surface area contributed by atoms with Gasteiger partial charge >= 0.3 is 0 Å². The molecule has 0 N–H and O–H groups in total. The Morgan fingerprint density at radius 3 is 1.33 bits per heavy atom. The fourth-order valence-electron chi connectivity index (χ4n) is 8.17. The number of nitrogens with zero attached hydrogens (tertiary/aromatic N) is 4. The summed E-state index contributed by atoms with van der Waals surface area (Å²) in [6.07, 6.45) is 0. The molecule has 54 heavy (non-hydrogen) atoms. The summed E-state index contributed by atoms with van der Waals surface area (Å²) in [5, 5.41) is 24.7. The molecule has 4 heteroatoms. The van der Waals surface area contributed by atoms with E-state index in [1.165, 1.54) is 10.8 Å². The number of hydrogen-bond acceptors (Lipinski definition) is 2. The second-order valence-corrected chi connectivity index (χ2v) is 13.6. The average Bonchev–Trinajstić information content (AvgIpc) is 3.75. The molecular weight excluding hydrogens is 657 g/mol. The van der Waals surface area contributed by atoms with E-state index in [4.69, 9.17) is 0 Å². The monoisotopic (exact) mass is 686 g/mol. The van der Waals surface area contributed by atoms with Crippen LogP contribution in [0.5, 0.6) is 0 Å². The van der Waals surface area contributed by atoms with E-state index >= 15 is 0 Å². The van der Waals surface area contributed by atoms with E-state index < -0.39 is 0 Å². The minimum absolute atomic E-state index is 0.479. The first kappa shape index (κ1) is 31.1. The normalized spacial score (nSPS) is 11.3. The molecule has 2 aromatic heterocycles. The number of hydrogen-bond donors (Lipinski definition) is 0. The molecule has 0 bridgehead atoms. The molecule has 0 radical (unpaired) electrons. The molecule has 10 aromatic rings. The number of para-hydroxylation sites is 2. The van der Waals surface area contributed by atoms with Crippen molar-refractivity contribution in [2.75, 3.05) is 0 Å². The van der Waals surface area contributed by atoms with Crippen LogP contribution in [-0.2, 0) is 0 Å². The molecule has 0 spiro atoms. The van der Waals surface area contributed by atoms with Gasteiger partial charge in [0.25, 0.3) is 0 Å². The molecule has 0 amide bonds. The van der Waals surface area contributed by atoms with Gasteiger partial charge in [0.05, 0.1) is 45.3 Å². The quantitative estimate of drug-likeness (QED) is 0.181. The van der Waals surface area contributed by atoms with Crippen LogP contribution in [0, 0.1) is 22.7 Å². The van der Waals surface area contributed by atoms with Gasteiger partial charge in [0.1, 0.15) is 0 Å². The SMILES string of the molecule is N#Cc1cccc(C#N)c1-c1cccc(-n2c3ccccc3c3cc4c5ccccc5n(-c5cc(-c6ccccc6)cc(-c6ccccc6)c5)c4cc32)c1. The highest BCUT2D eigenvalue weighted by Crippen LogP contribution is 2.41. The minimum atomic E-state index is 0.479. The molecule has 4 nitrogen and oxygen atoms in total. The maximum atomic E-state index is 10.0. The van der Waals surface area contributed by atoms with Crippen LogP contribution in [0.1, 0.15) is 11.1 Å². The predicted octanol–water partition coefficient (Wildman–Crippen LogP) is 12.6. The Bertz CT molecular complexity index is 3080. The Kier molecular flexibility index (Phi) is 7.22. The van der Waals surface area contributed by atoms with Gasteiger partial charge in [0.2, 0.25) is 0 Å². The molecule has 0 aliphatic rings. The highest BCUT2D eigenvalue weighted by Gasteiger charge is 2.20. The fourth-order valence-corrected chi connectivity index (χ4v) is 8.17. The Labute approximate surface area is 312 Å². The molecular formula is C50H30N4. The highest BCUT2D eigenvalue weighted by molar-refractivity contribution is 6.19. The lowest BCUT2D eigenvalue weighted by molar-refractivity contribution is 1.16. The zero-order valence-electron chi connectivity index (χ0n) is 29.1. The zero-order valence-corrected chi connectivity index (χ0v) is 29.1. The molecule has 0 saturated carbocycles. The van der Waals surface area contributed by atoms with Crippen LogP contribution in [0.4, 0.5) is 0 Å². The van der Waals surface area contributed by atoms with Gasteiger partial charge in [0, 0.05) is 38.5 Å². The van der Waals surface area contributed by atoms with E-state index in [9.17, 15) is 10.5 Å². The summed E-state index contributed by atoms with van der Waals surface area (Å²) < 4.78 is 4.72. The van der Waals surface area contributed by atoms with Crippen molar-refractivity contribution in [3.63, 3.8) is 0 Å². The standard InChI is InChI=1S/C50H30N4/c51-31-36-18-11-19-37(32-52)50(36)35-17-12-20-40(26-35)53-46-23-9-7-21-42(46)44-29-45-43-22-8-10-24-47(43)54(49(45)30-48(44)53)41-27-38(33-13-3-1-4-14-33)25-39(28-41)34-15-5-2-6-16-34/h1-30H. The third-order valence-electron chi connectivity index (χ3n) is 10.6. The van der Waals surface area contributed by atoms with Crippen molar-refractivity contribution in [2.24, 2.45) is 0 Å². The number of benzene rings is 8. The summed E-state index contributed by atoms with van der Waals surface area (Å²) >= 11 is 0. The zero-order chi connectivity index (χ0) is 36.2. The molecule has 0 unspecified atom stereocenters. The van der Waals surface area contributed by atoms with E-state index in [1.54, 1.807) is 18.2 Å². The molecule has 2 heterocycles. The van der Waals surface area contributed by atoms with Gasteiger partial charge in [-0.25, -0.2) is 0 Å². The van der Waals surface area contributed by atoms with Gasteiger partial charge in [-0.15, -0.1) is 0 Å². The third kappa shape index (κ3) is 4.90. The summed E-state index contributed by atoms with van der Waals surface area (Å²) in [7, 11) is 0. The van der Waals surface area contributed by atoms with E-state index in [2.05, 4.69) is 173 Å². The van der Waals surface area contributed by atoms with Crippen molar-refractivity contribution >= 4 is 43.6 Å². The fraction of sp³-hybridized carbons (Fsp3) is 0. The van der Waals surface area contributed by atoms with Gasteiger partial charge in [-0.1, -0.05) is 115 Å². The lowest BCUT2D eigenvalue weighted by atomic mass is 9.95. The van der Waals surface area contributed by atoms with Gasteiger partial charge in [-0.3, -0.25) is 0 Å². The van der Waals surface area contributed by atoms with Crippen LogP contribution in [0.25, 0.3) is 88.4 Å². The molecule has 0 fully saturated rings. The van der Waals surface area contributed by atoms with Crippen molar-refractivity contribution in [3.05, 3.63) is 193 Å². The highest BCUT2D eigenvalue weighted by atomic mass is 15.0. The van der Waals surface area contributed by atoms with Gasteiger partial charge in [-0.2, -0.15) is 10.5 Å². The van der Waals surface area contributed by atoms with Crippen molar-refractivity contribution in [1.29, 1.82) is 10.5 Å². The number of fused-ring (bicyclic) bond motifs is 6. The lowest BCUT2D eigenvalue weighted by Gasteiger charge is -2.15. The van der Waals surface area contributed by atoms with Crippen molar-refractivity contribution < 1.29 is 0 Å². The van der Waals surface area contributed by atoms with E-state index in [-0.39, 0.29) is 0 Å². The van der Waals surface area contributed by atoms with Crippen molar-refractivity contribution in [1.82, 2.24) is 9.13 Å². The first-order chi connectivity index (χ1) is 26.7. The third-order valence-corrected chi connectivity index (χ3v) is 10.6. The molecule has 250 valence electrons. The lowest BCUT2D eigenvalue weighted by Crippen LogP contribution is -1.98. The van der Waals surface area contributed by atoms with Crippen LogP contribution in [0.2, 0.25) is 0 Å². The Balaban J connectivity index is 1.28. The smallest absolute Gasteiger partial charge is 0.0998 e. The van der Waals surface area contributed by atoms with Gasteiger partial charge < -0.3 is 9.13 Å². The second-order valence-electron chi connectivity index (χ2n) is 13.6. The van der Waals surface area contributed by atoms with Crippen LogP contribution in [0.15, 0.2) is 182 Å². The van der Waals surface area contributed by atoms with Crippen LogP contribution < -0.4 is 0 Å². The minimum Gasteiger partial charge on any atom is -0.309 e. The average molecular weight is 687 g/mol. The topological polar surface area (TPSA) is 57.4 Å². The van der Waals surface area contributed by atoms with Crippen LogP contribution in [0.3, 0.4) is 0 Å². The first-order valence-electron chi connectivity index (χ1n) is 18.0. The molecule has 0 atom stereocenters. The number of aromatic nitrogens is 2. The Hall–Kier alpha value is -7.66. The number of nitriles is 2. The van der Waals surface area contributed by atoms with Crippen molar-refractivity contribution in [3.8, 4) is 56.9 Å². The summed E-state index contributed by atoms with van der Waals surface area (Å²) in [5.74, 6) is 0. The maximum Gasteiger partial charge on any atom is 0.0998 e. The second kappa shape index (κ2) is 12.5. The Morgan fingerprint density at radius 2 is 0.778 bits per heavy atom. The maximum absolute atomic E-state index is 10.0. The summed E-state index contributed by atoms with van der Waals surface area (Å²) in [4.78, 5) is 0. The molecule has 10 rings (SSSR count). The summed E-state index contributed by atoms with van der Waals surface area (Å²) in [6.45, 7) is 0. The van der Waals surface area contributed by atoms with Gasteiger partial charge in [-0.05, 0) is 94.5 Å². The summed E-state index contributed by atoms with van der Waals surface area (Å²) in [6, 6.07) is 68.1. The Morgan fingerprint density at radius 1 is 0.315 bits per heavy atom. The van der Waals surface area contributed by atoms with Crippen LogP contribution in [-0.4, -0.2) is 9.13 Å². The van der Waals surface area contributed by atoms with Crippen LogP contribution >= 0.6 is 0 Å². The van der Waals surface area contributed by atoms with E-state index in [1.807, 2.05) is 12.1 Å². The first-order valence-corrected chi connectivity index (χ1v) is 18.0. The molecule has 0 saturated heterocycles. The largest absolute Gasteiger partial charge is 0.309 e. The molecule has 0 aliphatic heterocycles. The predicted molar refractivity (Wildman–Crippen MR) is 221 cm³/mol. The summed E-state index contributed by atoms with van der Waals surface area (Å²) in [5.41, 5.74) is 13.5. The number of rotatable bonds is 5. The van der Waals surface area contributed by atoms with E-state index in [0.717, 1.165) is 72.0 Å². The molecule has 8 aromatic carbocycles. The molecule has 0 aliphatic carbocycles. The van der Waals surface area contributed by atoms with Gasteiger partial charge in [0.15, 0.2) is 0 Å². The van der Waals surface area contributed by atoms with Crippen molar-refractivity contribution in [2.45, 2.75) is 0 Å².